The molecule has 1 aliphatic rings. The summed E-state index contributed by atoms with van der Waals surface area (Å²) in [5.41, 5.74) is 3.72. The van der Waals surface area contributed by atoms with Crippen molar-refractivity contribution < 1.29 is 50.3 Å². The lowest BCUT2D eigenvalue weighted by molar-refractivity contribution is -0.0349. The van der Waals surface area contributed by atoms with Gasteiger partial charge in [-0.1, -0.05) is 115 Å². The van der Waals surface area contributed by atoms with Crippen molar-refractivity contribution >= 4 is 34.8 Å². The SMILES string of the molecule is CCCCCCCCCCCCCCCCCCP(=O)(OCCCCN)OP(=O)(O)OP(=O)(O)OC[C@H]1O[C@@H](n2cc(Cl)c(=O)[nH]c2=O)CC1F. The normalized spacial score (nSPS) is 21.3. The third kappa shape index (κ3) is 19.4. The Morgan fingerprint density at radius 2 is 1.41 bits per heavy atom. The van der Waals surface area contributed by atoms with Gasteiger partial charge in [-0.2, -0.15) is 4.31 Å². The number of hydrogen-bond donors (Lipinski definition) is 4. The Morgan fingerprint density at radius 1 is 0.863 bits per heavy atom. The number of halogens is 2. The fraction of sp³-hybridized carbons (Fsp3) is 0.871. The molecule has 0 spiro atoms. The van der Waals surface area contributed by atoms with E-state index in [9.17, 15) is 37.5 Å². The Morgan fingerprint density at radius 3 is 1.96 bits per heavy atom. The van der Waals surface area contributed by atoms with E-state index >= 15 is 0 Å². The number of rotatable bonds is 30. The number of nitrogens with zero attached hydrogens (tertiary/aromatic N) is 1. The average Bonchev–Trinajstić information content (AvgIpc) is 3.42. The number of nitrogens with one attached hydrogen (secondary N) is 1. The van der Waals surface area contributed by atoms with Crippen LogP contribution in [-0.2, 0) is 36.1 Å². The number of nitrogens with two attached hydrogens (primary N) is 1. The van der Waals surface area contributed by atoms with Gasteiger partial charge in [0.25, 0.3) is 5.56 Å². The van der Waals surface area contributed by atoms with Crippen LogP contribution in [-0.4, -0.2) is 57.5 Å². The Hall–Kier alpha value is -0.730. The molecule has 0 aromatic carbocycles. The molecule has 1 aromatic heterocycles. The van der Waals surface area contributed by atoms with Crippen LogP contribution in [0.4, 0.5) is 4.39 Å². The van der Waals surface area contributed by atoms with E-state index in [4.69, 9.17) is 35.4 Å². The van der Waals surface area contributed by atoms with Crippen LogP contribution in [0.25, 0.3) is 0 Å². The van der Waals surface area contributed by atoms with Crippen molar-refractivity contribution in [2.75, 3.05) is 25.9 Å². The van der Waals surface area contributed by atoms with Crippen molar-refractivity contribution in [1.29, 1.82) is 0 Å². The van der Waals surface area contributed by atoms with Gasteiger partial charge in [-0.25, -0.2) is 22.6 Å². The molecule has 0 radical (unpaired) electrons. The van der Waals surface area contributed by atoms with Gasteiger partial charge in [0, 0.05) is 12.6 Å². The van der Waals surface area contributed by atoms with Crippen molar-refractivity contribution in [1.82, 2.24) is 9.55 Å². The zero-order valence-corrected chi connectivity index (χ0v) is 33.1. The summed E-state index contributed by atoms with van der Waals surface area (Å²) in [5, 5.41) is -0.351. The van der Waals surface area contributed by atoms with Gasteiger partial charge in [-0.15, -0.1) is 0 Å². The Bertz CT molecular complexity index is 1400. The van der Waals surface area contributed by atoms with E-state index in [-0.39, 0.29) is 17.8 Å². The van der Waals surface area contributed by atoms with Gasteiger partial charge in [-0.05, 0) is 25.8 Å². The van der Waals surface area contributed by atoms with Crippen LogP contribution in [0.5, 0.6) is 0 Å². The summed E-state index contributed by atoms with van der Waals surface area (Å²) in [6.07, 6.45) is 14.8. The summed E-state index contributed by atoms with van der Waals surface area (Å²) in [7, 11) is -15.2. The predicted octanol–water partition coefficient (Wildman–Crippen LogP) is 8.28. The van der Waals surface area contributed by atoms with Crippen LogP contribution in [0.2, 0.25) is 5.02 Å². The van der Waals surface area contributed by atoms with E-state index in [1.165, 1.54) is 64.2 Å². The summed E-state index contributed by atoms with van der Waals surface area (Å²) in [5.74, 6) is 0. The average molecular weight is 812 g/mol. The van der Waals surface area contributed by atoms with Gasteiger partial charge < -0.3 is 24.8 Å². The topological polar surface area (TPSA) is 219 Å². The van der Waals surface area contributed by atoms with Gasteiger partial charge in [-0.3, -0.25) is 23.4 Å². The molecule has 5 N–H and O–H groups in total. The number of unbranched alkanes of at least 4 members (excludes halogenated alkanes) is 16. The third-order valence-electron chi connectivity index (χ3n) is 8.40. The van der Waals surface area contributed by atoms with Gasteiger partial charge in [0.1, 0.15) is 23.5 Å². The van der Waals surface area contributed by atoms with Gasteiger partial charge >= 0.3 is 28.9 Å². The molecule has 2 rings (SSSR count). The Balaban J connectivity index is 1.77. The van der Waals surface area contributed by atoms with E-state index in [1.54, 1.807) is 0 Å². The molecule has 1 aliphatic heterocycles. The third-order valence-corrected chi connectivity index (χ3v) is 14.1. The zero-order valence-electron chi connectivity index (χ0n) is 29.7. The van der Waals surface area contributed by atoms with Gasteiger partial charge in [0.2, 0.25) is 0 Å². The minimum absolute atomic E-state index is 0.0949. The fourth-order valence-electron chi connectivity index (χ4n) is 5.61. The standard InChI is InChI=1S/C31H58ClFN3O12P3/c1-2-3-4-5-6-7-8-9-10-11-12-13-14-15-16-19-22-49(39,44-21-18-17-20-34)47-51(42,43)48-50(40,41)45-25-28-27(33)23-29(46-28)36-24-26(32)30(37)35-31(36)38/h24,27-29H,2-23,25,34H2,1H3,(H,40,41)(H,42,43)(H,35,37,38)/t27?,28-,29-,49?/m1/s1. The lowest BCUT2D eigenvalue weighted by atomic mass is 10.0. The van der Waals surface area contributed by atoms with Gasteiger partial charge in [0.05, 0.1) is 19.4 Å². The molecular formula is C31H58ClFN3O12P3. The summed E-state index contributed by atoms with van der Waals surface area (Å²) in [6, 6.07) is 0. The largest absolute Gasteiger partial charge is 0.488 e. The highest BCUT2D eigenvalue weighted by Gasteiger charge is 2.44. The van der Waals surface area contributed by atoms with Crippen molar-refractivity contribution in [3.63, 3.8) is 0 Å². The molecule has 0 saturated carbocycles. The lowest BCUT2D eigenvalue weighted by Crippen LogP contribution is -2.32. The van der Waals surface area contributed by atoms with Crippen molar-refractivity contribution in [3.05, 3.63) is 32.1 Å². The molecule has 0 amide bonds. The van der Waals surface area contributed by atoms with Crippen molar-refractivity contribution in [2.45, 2.75) is 147 Å². The first-order valence-electron chi connectivity index (χ1n) is 18.2. The Labute approximate surface area is 305 Å². The summed E-state index contributed by atoms with van der Waals surface area (Å²) in [6.45, 7) is 1.54. The van der Waals surface area contributed by atoms with Crippen LogP contribution in [0.15, 0.2) is 15.8 Å². The fourth-order valence-corrected chi connectivity index (χ4v) is 10.6. The first-order chi connectivity index (χ1) is 24.2. The van der Waals surface area contributed by atoms with Gasteiger partial charge in [0.15, 0.2) is 0 Å². The highest BCUT2D eigenvalue weighted by atomic mass is 35.5. The first kappa shape index (κ1) is 46.4. The van der Waals surface area contributed by atoms with E-state index in [0.29, 0.717) is 32.2 Å². The number of H-pyrrole nitrogens is 1. The zero-order chi connectivity index (χ0) is 37.8. The van der Waals surface area contributed by atoms with Crippen LogP contribution < -0.4 is 17.0 Å². The molecule has 2 heterocycles. The van der Waals surface area contributed by atoms with Crippen LogP contribution in [0, 0.1) is 0 Å². The second-order valence-electron chi connectivity index (χ2n) is 12.9. The molecule has 298 valence electrons. The van der Waals surface area contributed by atoms with E-state index in [1.807, 2.05) is 4.98 Å². The van der Waals surface area contributed by atoms with Crippen molar-refractivity contribution in [2.24, 2.45) is 5.73 Å². The molecule has 0 aliphatic carbocycles. The lowest BCUT2D eigenvalue weighted by Gasteiger charge is -2.23. The molecular weight excluding hydrogens is 754 g/mol. The number of alkyl halides is 1. The summed E-state index contributed by atoms with van der Waals surface area (Å²) < 4.78 is 78.9. The predicted molar refractivity (Wildman–Crippen MR) is 194 cm³/mol. The summed E-state index contributed by atoms with van der Waals surface area (Å²) >= 11 is 5.74. The van der Waals surface area contributed by atoms with E-state index < -0.39 is 66.0 Å². The van der Waals surface area contributed by atoms with Crippen LogP contribution >= 0.6 is 34.8 Å². The van der Waals surface area contributed by atoms with Crippen LogP contribution in [0.3, 0.4) is 0 Å². The smallest absolute Gasteiger partial charge is 0.349 e. The number of phosphoric acid groups is 2. The molecule has 20 heteroatoms. The maximum absolute atomic E-state index is 14.7. The summed E-state index contributed by atoms with van der Waals surface area (Å²) in [4.78, 5) is 45.9. The first-order valence-corrected chi connectivity index (χ1v) is 23.3. The van der Waals surface area contributed by atoms with E-state index in [0.717, 1.165) is 36.4 Å². The monoisotopic (exact) mass is 811 g/mol. The highest BCUT2D eigenvalue weighted by molar-refractivity contribution is 7.68. The Kier molecular flexibility index (Phi) is 22.4. The molecule has 6 atom stereocenters. The number of phosphoric ester groups is 1. The highest BCUT2D eigenvalue weighted by Crippen LogP contribution is 2.69. The quantitative estimate of drug-likeness (QED) is 0.0425. The van der Waals surface area contributed by atoms with Crippen molar-refractivity contribution in [3.8, 4) is 0 Å². The maximum atomic E-state index is 14.7. The minimum Gasteiger partial charge on any atom is -0.349 e. The molecule has 4 unspecified atom stereocenters. The number of aromatic amines is 1. The molecule has 1 aromatic rings. The maximum Gasteiger partial charge on any atom is 0.488 e. The molecule has 1 fully saturated rings. The number of aromatic nitrogens is 2. The second-order valence-corrected chi connectivity index (χ2v) is 18.7. The number of hydrogen-bond acceptors (Lipinski definition) is 11. The van der Waals surface area contributed by atoms with Crippen LogP contribution in [0.1, 0.15) is 135 Å². The number of ether oxygens (including phenoxy) is 1. The molecule has 51 heavy (non-hydrogen) atoms. The second kappa shape index (κ2) is 24.6. The molecule has 1 saturated heterocycles. The minimum atomic E-state index is -5.52. The van der Waals surface area contributed by atoms with E-state index in [2.05, 4.69) is 11.2 Å². The molecule has 0 bridgehead atoms. The molecule has 15 nitrogen and oxygen atoms in total.